The summed E-state index contributed by atoms with van der Waals surface area (Å²) in [4.78, 5) is 0. The largest absolute Gasteiger partial charge is 0.330 e. The van der Waals surface area contributed by atoms with E-state index in [1.807, 2.05) is 0 Å². The van der Waals surface area contributed by atoms with Crippen molar-refractivity contribution in [1.29, 1.82) is 0 Å². The maximum Gasteiger partial charge on any atom is 0.0455 e. The third-order valence-corrected chi connectivity index (χ3v) is 2.35. The molecule has 0 atom stereocenters. The molecule has 0 aliphatic rings. The number of nitrogens with two attached hydrogens (primary N) is 1. The van der Waals surface area contributed by atoms with Gasteiger partial charge in [-0.2, -0.15) is 0 Å². The summed E-state index contributed by atoms with van der Waals surface area (Å²) in [5.74, 6) is 0. The summed E-state index contributed by atoms with van der Waals surface area (Å²) in [6.07, 6.45) is 0.943. The lowest BCUT2D eigenvalue weighted by Crippen LogP contribution is -2.06. The van der Waals surface area contributed by atoms with Gasteiger partial charge in [0.1, 0.15) is 0 Å². The van der Waals surface area contributed by atoms with Crippen molar-refractivity contribution in [3.63, 3.8) is 0 Å². The molecule has 0 aliphatic heterocycles. The molecule has 2 nitrogen and oxygen atoms in total. The average Bonchev–Trinajstić information content (AvgIpc) is 2.51. The van der Waals surface area contributed by atoms with Crippen LogP contribution in [0.5, 0.6) is 0 Å². The Bertz CT molecular complexity index is 415. The van der Waals surface area contributed by atoms with Gasteiger partial charge in [-0.05, 0) is 37.7 Å². The Labute approximate surface area is 78.0 Å². The van der Waals surface area contributed by atoms with Crippen LogP contribution in [0.3, 0.4) is 0 Å². The quantitative estimate of drug-likeness (QED) is 0.738. The molecule has 0 saturated carbocycles. The number of rotatable bonds is 2. The lowest BCUT2D eigenvalue weighted by molar-refractivity contribution is 0.890. The van der Waals surface area contributed by atoms with Crippen LogP contribution in [0.4, 0.5) is 0 Å². The summed E-state index contributed by atoms with van der Waals surface area (Å²) in [7, 11) is 0. The molecule has 0 radical (unpaired) electrons. The van der Waals surface area contributed by atoms with E-state index >= 15 is 0 Å². The Morgan fingerprint density at radius 2 is 2.08 bits per heavy atom. The van der Waals surface area contributed by atoms with Crippen molar-refractivity contribution >= 4 is 5.52 Å². The highest BCUT2D eigenvalue weighted by Crippen LogP contribution is 2.13. The maximum atomic E-state index is 5.55. The predicted molar refractivity (Wildman–Crippen MR) is 54.9 cm³/mol. The number of nitrogens with zero attached hydrogens (tertiary/aromatic N) is 1. The Kier molecular flexibility index (Phi) is 2.07. The van der Waals surface area contributed by atoms with Crippen molar-refractivity contribution < 1.29 is 0 Å². The highest BCUT2D eigenvalue weighted by molar-refractivity contribution is 5.50. The molecule has 68 valence electrons. The van der Waals surface area contributed by atoms with Gasteiger partial charge in [-0.3, -0.25) is 0 Å². The van der Waals surface area contributed by atoms with Crippen molar-refractivity contribution in [1.82, 2.24) is 4.40 Å². The maximum absolute atomic E-state index is 5.55. The smallest absolute Gasteiger partial charge is 0.0455 e. The first-order valence-corrected chi connectivity index (χ1v) is 4.59. The zero-order valence-corrected chi connectivity index (χ0v) is 7.83. The van der Waals surface area contributed by atoms with Gasteiger partial charge < -0.3 is 10.1 Å². The van der Waals surface area contributed by atoms with Crippen LogP contribution in [0.25, 0.3) is 5.52 Å². The van der Waals surface area contributed by atoms with Crippen molar-refractivity contribution in [3.05, 3.63) is 41.7 Å². The molecule has 2 rings (SSSR count). The Hall–Kier alpha value is -1.28. The van der Waals surface area contributed by atoms with Crippen molar-refractivity contribution in [2.24, 2.45) is 5.73 Å². The minimum Gasteiger partial charge on any atom is -0.330 e. The van der Waals surface area contributed by atoms with Crippen LogP contribution in [0.2, 0.25) is 0 Å². The number of fused-ring (bicyclic) bond motifs is 1. The lowest BCUT2D eigenvalue weighted by atomic mass is 10.3. The molecule has 0 spiro atoms. The molecule has 0 amide bonds. The van der Waals surface area contributed by atoms with Gasteiger partial charge in [0.15, 0.2) is 0 Å². The number of pyridine rings is 1. The molecule has 2 aromatic rings. The molecule has 0 aromatic carbocycles. The standard InChI is InChI=1S/C11H14N2/c1-9-3-2-4-10-5-6-11(7-8-12)13(9)10/h2-6H,7-8,12H2,1H3. The number of aromatic nitrogens is 1. The predicted octanol–water partition coefficient (Wildman–Crippen LogP) is 1.75. The number of hydrogen-bond donors (Lipinski definition) is 1. The van der Waals surface area contributed by atoms with E-state index in [4.69, 9.17) is 5.73 Å². The van der Waals surface area contributed by atoms with Crippen LogP contribution in [-0.4, -0.2) is 10.9 Å². The van der Waals surface area contributed by atoms with Gasteiger partial charge in [0, 0.05) is 23.3 Å². The third kappa shape index (κ3) is 1.33. The Morgan fingerprint density at radius 1 is 1.23 bits per heavy atom. The monoisotopic (exact) mass is 174 g/mol. The normalized spacial score (nSPS) is 10.9. The van der Waals surface area contributed by atoms with Gasteiger partial charge in [0.25, 0.3) is 0 Å². The van der Waals surface area contributed by atoms with Crippen molar-refractivity contribution in [2.45, 2.75) is 13.3 Å². The summed E-state index contributed by atoms with van der Waals surface area (Å²) in [5.41, 5.74) is 9.37. The zero-order valence-electron chi connectivity index (χ0n) is 7.83. The van der Waals surface area contributed by atoms with E-state index < -0.39 is 0 Å². The van der Waals surface area contributed by atoms with Gasteiger partial charge in [0.05, 0.1) is 0 Å². The fourth-order valence-corrected chi connectivity index (χ4v) is 1.76. The van der Waals surface area contributed by atoms with E-state index in [9.17, 15) is 0 Å². The molecule has 13 heavy (non-hydrogen) atoms. The van der Waals surface area contributed by atoms with Crippen molar-refractivity contribution in [2.75, 3.05) is 6.54 Å². The average molecular weight is 174 g/mol. The minimum atomic E-state index is 0.709. The van der Waals surface area contributed by atoms with Gasteiger partial charge in [-0.25, -0.2) is 0 Å². The van der Waals surface area contributed by atoms with E-state index in [1.165, 1.54) is 16.9 Å². The third-order valence-electron chi connectivity index (χ3n) is 2.35. The first-order valence-electron chi connectivity index (χ1n) is 4.59. The van der Waals surface area contributed by atoms with E-state index in [0.717, 1.165) is 6.42 Å². The van der Waals surface area contributed by atoms with Crippen LogP contribution in [0, 0.1) is 6.92 Å². The van der Waals surface area contributed by atoms with E-state index in [-0.39, 0.29) is 0 Å². The fourth-order valence-electron chi connectivity index (χ4n) is 1.76. The van der Waals surface area contributed by atoms with E-state index in [1.54, 1.807) is 0 Å². The van der Waals surface area contributed by atoms with Gasteiger partial charge in [-0.15, -0.1) is 0 Å². The SMILES string of the molecule is Cc1cccc2ccc(CCN)n12. The van der Waals surface area contributed by atoms with Gasteiger partial charge >= 0.3 is 0 Å². The van der Waals surface area contributed by atoms with E-state index in [2.05, 4.69) is 41.7 Å². The molecule has 2 heteroatoms. The Balaban J connectivity index is 2.64. The zero-order chi connectivity index (χ0) is 9.26. The van der Waals surface area contributed by atoms with Crippen molar-refractivity contribution in [3.8, 4) is 0 Å². The van der Waals surface area contributed by atoms with Crippen LogP contribution < -0.4 is 5.73 Å². The molecular formula is C11H14N2. The first-order chi connectivity index (χ1) is 6.33. The topological polar surface area (TPSA) is 30.4 Å². The van der Waals surface area contributed by atoms with Crippen LogP contribution in [0.1, 0.15) is 11.4 Å². The number of aryl methyl sites for hydroxylation is 1. The fraction of sp³-hybridized carbons (Fsp3) is 0.273. The van der Waals surface area contributed by atoms with Crippen LogP contribution in [0.15, 0.2) is 30.3 Å². The van der Waals surface area contributed by atoms with Gasteiger partial charge in [0.2, 0.25) is 0 Å². The highest BCUT2D eigenvalue weighted by atomic mass is 14.9. The molecule has 0 fully saturated rings. The molecule has 0 saturated heterocycles. The second-order valence-electron chi connectivity index (χ2n) is 3.29. The van der Waals surface area contributed by atoms with Crippen LogP contribution in [-0.2, 0) is 6.42 Å². The second-order valence-corrected chi connectivity index (χ2v) is 3.29. The molecule has 0 aliphatic carbocycles. The summed E-state index contributed by atoms with van der Waals surface area (Å²) >= 11 is 0. The lowest BCUT2D eigenvalue weighted by Gasteiger charge is -2.04. The summed E-state index contributed by atoms with van der Waals surface area (Å²) in [6.45, 7) is 2.83. The first kappa shape index (κ1) is 8.32. The molecule has 0 bridgehead atoms. The molecular weight excluding hydrogens is 160 g/mol. The highest BCUT2D eigenvalue weighted by Gasteiger charge is 2.01. The number of hydrogen-bond acceptors (Lipinski definition) is 1. The second kappa shape index (κ2) is 3.23. The Morgan fingerprint density at radius 3 is 2.85 bits per heavy atom. The molecule has 2 N–H and O–H groups in total. The van der Waals surface area contributed by atoms with Crippen LogP contribution >= 0.6 is 0 Å². The van der Waals surface area contributed by atoms with Gasteiger partial charge in [-0.1, -0.05) is 6.07 Å². The van der Waals surface area contributed by atoms with E-state index in [0.29, 0.717) is 6.54 Å². The molecule has 2 heterocycles. The summed E-state index contributed by atoms with van der Waals surface area (Å²) in [6, 6.07) is 10.6. The molecule has 2 aromatic heterocycles. The molecule has 0 unspecified atom stereocenters. The minimum absolute atomic E-state index is 0.709. The summed E-state index contributed by atoms with van der Waals surface area (Å²) < 4.78 is 2.26. The summed E-state index contributed by atoms with van der Waals surface area (Å²) in [5, 5.41) is 0.